The number of ether oxygens (including phenoxy) is 3. The van der Waals surface area contributed by atoms with Crippen LogP contribution in [-0.4, -0.2) is 37.1 Å². The van der Waals surface area contributed by atoms with Crippen LogP contribution in [0.5, 0.6) is 0 Å². The molecule has 7 heteroatoms. The summed E-state index contributed by atoms with van der Waals surface area (Å²) in [5.41, 5.74) is 8.36. The average Bonchev–Trinajstić information content (AvgIpc) is 2.67. The van der Waals surface area contributed by atoms with Crippen LogP contribution in [0.15, 0.2) is 17.3 Å². The number of esters is 1. The normalized spacial score (nSPS) is 24.6. The number of hydrogen-bond donors (Lipinski definition) is 0. The molecule has 1 aliphatic heterocycles. The van der Waals surface area contributed by atoms with E-state index in [2.05, 4.69) is 10.0 Å². The molecule has 2 atom stereocenters. The van der Waals surface area contributed by atoms with Crippen molar-refractivity contribution >= 4 is 5.97 Å². The molecule has 112 valence electrons. The Labute approximate surface area is 118 Å². The van der Waals surface area contributed by atoms with E-state index in [0.29, 0.717) is 19.4 Å². The maximum atomic E-state index is 11.2. The predicted octanol–water partition coefficient (Wildman–Crippen LogP) is 2.72. The van der Waals surface area contributed by atoms with Gasteiger partial charge in [0.15, 0.2) is 5.79 Å². The summed E-state index contributed by atoms with van der Waals surface area (Å²) in [6.07, 6.45) is 4.02. The van der Waals surface area contributed by atoms with Crippen molar-refractivity contribution in [1.29, 1.82) is 0 Å². The van der Waals surface area contributed by atoms with E-state index in [0.717, 1.165) is 0 Å². The van der Waals surface area contributed by atoms with Crippen LogP contribution in [0.25, 0.3) is 10.4 Å². The summed E-state index contributed by atoms with van der Waals surface area (Å²) in [5, 5.41) is 3.52. The highest BCUT2D eigenvalue weighted by atomic mass is 16.7. The van der Waals surface area contributed by atoms with Crippen LogP contribution >= 0.6 is 0 Å². The van der Waals surface area contributed by atoms with Crippen LogP contribution in [0.4, 0.5) is 0 Å². The van der Waals surface area contributed by atoms with Gasteiger partial charge in [0, 0.05) is 11.3 Å². The van der Waals surface area contributed by atoms with Gasteiger partial charge in [0.25, 0.3) is 0 Å². The molecule has 20 heavy (non-hydrogen) atoms. The fourth-order valence-corrected chi connectivity index (χ4v) is 1.95. The van der Waals surface area contributed by atoms with Crippen LogP contribution in [0.3, 0.4) is 0 Å². The molecule has 0 N–H and O–H groups in total. The third kappa shape index (κ3) is 5.61. The topological polar surface area (TPSA) is 93.5 Å². The van der Waals surface area contributed by atoms with Crippen LogP contribution in [-0.2, 0) is 19.0 Å². The fraction of sp³-hybridized carbons (Fsp3) is 0.769. The molecular weight excluding hydrogens is 262 g/mol. The highest BCUT2D eigenvalue weighted by Crippen LogP contribution is 2.29. The predicted molar refractivity (Wildman–Crippen MR) is 72.8 cm³/mol. The van der Waals surface area contributed by atoms with Crippen molar-refractivity contribution in [2.75, 3.05) is 13.2 Å². The van der Waals surface area contributed by atoms with Gasteiger partial charge in [-0.1, -0.05) is 17.3 Å². The lowest BCUT2D eigenvalue weighted by atomic mass is 10.1. The molecule has 0 aromatic heterocycles. The maximum Gasteiger partial charge on any atom is 0.306 e. The Bertz CT molecular complexity index is 402. The number of nitrogens with zero attached hydrogens (tertiary/aromatic N) is 3. The van der Waals surface area contributed by atoms with Crippen molar-refractivity contribution in [3.8, 4) is 0 Å². The Morgan fingerprint density at radius 2 is 2.25 bits per heavy atom. The molecule has 1 heterocycles. The van der Waals surface area contributed by atoms with Gasteiger partial charge < -0.3 is 14.2 Å². The Balaban J connectivity index is 2.46. The number of carbonyl (C=O) groups excluding carboxylic acids is 1. The molecular formula is C13H21N3O4. The fourth-order valence-electron chi connectivity index (χ4n) is 1.95. The lowest BCUT2D eigenvalue weighted by Crippen LogP contribution is -2.23. The van der Waals surface area contributed by atoms with E-state index >= 15 is 0 Å². The van der Waals surface area contributed by atoms with Crippen molar-refractivity contribution in [3.63, 3.8) is 0 Å². The molecule has 1 saturated heterocycles. The molecule has 0 aliphatic carbocycles. The van der Waals surface area contributed by atoms with Gasteiger partial charge in [0.05, 0.1) is 19.3 Å². The van der Waals surface area contributed by atoms with Gasteiger partial charge in [0.1, 0.15) is 6.10 Å². The smallest absolute Gasteiger partial charge is 0.306 e. The molecule has 1 fully saturated rings. The minimum Gasteiger partial charge on any atom is -0.466 e. The lowest BCUT2D eigenvalue weighted by molar-refractivity contribution is -0.143. The molecule has 0 aromatic rings. The first-order valence-electron chi connectivity index (χ1n) is 6.67. The summed E-state index contributed by atoms with van der Waals surface area (Å²) in [6.45, 7) is 6.00. The van der Waals surface area contributed by atoms with Gasteiger partial charge in [-0.05, 0) is 32.7 Å². The van der Waals surface area contributed by atoms with Crippen LogP contribution in [0.2, 0.25) is 0 Å². The Hall–Kier alpha value is -1.56. The van der Waals surface area contributed by atoms with E-state index in [4.69, 9.17) is 19.7 Å². The molecule has 7 nitrogen and oxygen atoms in total. The van der Waals surface area contributed by atoms with Gasteiger partial charge in [-0.15, -0.1) is 0 Å². The molecule has 2 unspecified atom stereocenters. The van der Waals surface area contributed by atoms with Gasteiger partial charge in [-0.2, -0.15) is 0 Å². The van der Waals surface area contributed by atoms with Crippen LogP contribution in [0, 0.1) is 0 Å². The van der Waals surface area contributed by atoms with E-state index < -0.39 is 5.79 Å². The second-order valence-corrected chi connectivity index (χ2v) is 4.82. The lowest BCUT2D eigenvalue weighted by Gasteiger charge is -2.16. The first-order chi connectivity index (χ1) is 9.48. The summed E-state index contributed by atoms with van der Waals surface area (Å²) in [5.74, 6) is -0.919. The van der Waals surface area contributed by atoms with E-state index in [1.54, 1.807) is 6.92 Å². The molecule has 0 saturated carbocycles. The standard InChI is InChI=1S/C13H21N3O4/c1-4-18-12(17)8-6-5-7-10-11(9-15-16-14)20-13(2,3)19-10/h5,7,10-11H,4,6,8-9H2,1-3H3. The zero-order valence-corrected chi connectivity index (χ0v) is 12.1. The van der Waals surface area contributed by atoms with Gasteiger partial charge >= 0.3 is 5.97 Å². The second kappa shape index (κ2) is 7.89. The summed E-state index contributed by atoms with van der Waals surface area (Å²) >= 11 is 0. The molecule has 1 rings (SSSR count). The Morgan fingerprint density at radius 3 is 2.90 bits per heavy atom. The molecule has 0 radical (unpaired) electrons. The molecule has 0 bridgehead atoms. The third-order valence-corrected chi connectivity index (χ3v) is 2.69. The van der Waals surface area contributed by atoms with Crippen LogP contribution in [0.1, 0.15) is 33.6 Å². The first-order valence-corrected chi connectivity index (χ1v) is 6.67. The molecule has 0 aromatic carbocycles. The van der Waals surface area contributed by atoms with Crippen molar-refractivity contribution < 1.29 is 19.0 Å². The summed E-state index contributed by atoms with van der Waals surface area (Å²) in [4.78, 5) is 13.9. The van der Waals surface area contributed by atoms with Crippen LogP contribution < -0.4 is 0 Å². The first kappa shape index (κ1) is 16.5. The number of allylic oxidation sites excluding steroid dienone is 1. The van der Waals surface area contributed by atoms with Crippen molar-refractivity contribution in [1.82, 2.24) is 0 Å². The number of azide groups is 1. The number of carbonyl (C=O) groups is 1. The van der Waals surface area contributed by atoms with Crippen molar-refractivity contribution in [3.05, 3.63) is 22.6 Å². The average molecular weight is 283 g/mol. The van der Waals surface area contributed by atoms with E-state index in [1.807, 2.05) is 26.0 Å². The molecule has 0 amide bonds. The second-order valence-electron chi connectivity index (χ2n) is 4.82. The number of rotatable bonds is 7. The zero-order chi connectivity index (χ0) is 15.0. The van der Waals surface area contributed by atoms with E-state index in [1.165, 1.54) is 0 Å². The van der Waals surface area contributed by atoms with Gasteiger partial charge in [-0.3, -0.25) is 4.79 Å². The summed E-state index contributed by atoms with van der Waals surface area (Å²) in [6, 6.07) is 0. The summed E-state index contributed by atoms with van der Waals surface area (Å²) < 4.78 is 16.2. The summed E-state index contributed by atoms with van der Waals surface area (Å²) in [7, 11) is 0. The largest absolute Gasteiger partial charge is 0.466 e. The highest BCUT2D eigenvalue weighted by Gasteiger charge is 2.39. The Morgan fingerprint density at radius 1 is 1.50 bits per heavy atom. The zero-order valence-electron chi connectivity index (χ0n) is 12.1. The van der Waals surface area contributed by atoms with Crippen molar-refractivity contribution in [2.24, 2.45) is 5.11 Å². The van der Waals surface area contributed by atoms with E-state index in [-0.39, 0.29) is 24.7 Å². The van der Waals surface area contributed by atoms with Crippen molar-refractivity contribution in [2.45, 2.75) is 51.6 Å². The highest BCUT2D eigenvalue weighted by molar-refractivity contribution is 5.69. The Kier molecular flexibility index (Phi) is 6.51. The van der Waals surface area contributed by atoms with Gasteiger partial charge in [0.2, 0.25) is 0 Å². The minimum absolute atomic E-state index is 0.215. The molecule has 1 aliphatic rings. The SMILES string of the molecule is CCOC(=O)CCC=CC1OC(C)(C)OC1CN=[N+]=[N-]. The van der Waals surface area contributed by atoms with E-state index in [9.17, 15) is 4.79 Å². The quantitative estimate of drug-likeness (QED) is 0.236. The number of hydrogen-bond acceptors (Lipinski definition) is 5. The van der Waals surface area contributed by atoms with Gasteiger partial charge in [-0.25, -0.2) is 0 Å². The third-order valence-electron chi connectivity index (χ3n) is 2.69. The monoisotopic (exact) mass is 283 g/mol. The minimum atomic E-state index is -0.703. The molecule has 0 spiro atoms. The maximum absolute atomic E-state index is 11.2.